The lowest BCUT2D eigenvalue weighted by Gasteiger charge is -2.35. The van der Waals surface area contributed by atoms with Crippen LogP contribution in [-0.4, -0.2) is 44.3 Å². The van der Waals surface area contributed by atoms with Gasteiger partial charge in [-0.2, -0.15) is 0 Å². The molecule has 1 aromatic rings. The third-order valence-electron chi connectivity index (χ3n) is 4.34. The van der Waals surface area contributed by atoms with Crippen LogP contribution in [0.15, 0.2) is 18.2 Å². The predicted molar refractivity (Wildman–Crippen MR) is 86.1 cm³/mol. The monoisotopic (exact) mass is 292 g/mol. The Labute approximate surface area is 128 Å². The highest BCUT2D eigenvalue weighted by Crippen LogP contribution is 2.25. The summed E-state index contributed by atoms with van der Waals surface area (Å²) in [4.78, 5) is 2.55. The Morgan fingerprint density at radius 1 is 1.19 bits per heavy atom. The zero-order valence-electron chi connectivity index (χ0n) is 13.7. The Balaban J connectivity index is 1.86. The van der Waals surface area contributed by atoms with Gasteiger partial charge in [0.2, 0.25) is 0 Å². The van der Waals surface area contributed by atoms with Gasteiger partial charge in [-0.1, -0.05) is 6.07 Å². The van der Waals surface area contributed by atoms with Crippen molar-refractivity contribution in [2.75, 3.05) is 27.3 Å². The van der Waals surface area contributed by atoms with Gasteiger partial charge in [0.1, 0.15) is 11.5 Å². The number of nitrogens with one attached hydrogen (secondary N) is 1. The molecule has 1 N–H and O–H groups in total. The summed E-state index contributed by atoms with van der Waals surface area (Å²) < 4.78 is 10.7. The SMILES string of the molecule is COc1ccc(CNC2CCN(C(C)C)CC2)c(OC)c1. The van der Waals surface area contributed by atoms with Gasteiger partial charge in [-0.3, -0.25) is 0 Å². The Hall–Kier alpha value is -1.26. The van der Waals surface area contributed by atoms with Crippen LogP contribution in [0.25, 0.3) is 0 Å². The van der Waals surface area contributed by atoms with Crippen molar-refractivity contribution in [3.05, 3.63) is 23.8 Å². The van der Waals surface area contributed by atoms with E-state index in [0.717, 1.165) is 18.0 Å². The first-order valence-electron chi connectivity index (χ1n) is 7.82. The smallest absolute Gasteiger partial charge is 0.127 e. The molecule has 4 nitrogen and oxygen atoms in total. The molecule has 0 atom stereocenters. The Bertz CT molecular complexity index is 440. The molecular weight excluding hydrogens is 264 g/mol. The van der Waals surface area contributed by atoms with Crippen LogP contribution in [0.2, 0.25) is 0 Å². The largest absolute Gasteiger partial charge is 0.497 e. The average molecular weight is 292 g/mol. The second-order valence-corrected chi connectivity index (χ2v) is 5.96. The molecule has 0 radical (unpaired) electrons. The highest BCUT2D eigenvalue weighted by molar-refractivity contribution is 5.40. The third-order valence-corrected chi connectivity index (χ3v) is 4.34. The van der Waals surface area contributed by atoms with E-state index >= 15 is 0 Å². The lowest BCUT2D eigenvalue weighted by atomic mass is 10.0. The summed E-state index contributed by atoms with van der Waals surface area (Å²) in [6.07, 6.45) is 2.44. The van der Waals surface area contributed by atoms with E-state index < -0.39 is 0 Å². The van der Waals surface area contributed by atoms with Crippen LogP contribution in [-0.2, 0) is 6.54 Å². The Morgan fingerprint density at radius 3 is 2.48 bits per heavy atom. The van der Waals surface area contributed by atoms with Gasteiger partial charge in [0.25, 0.3) is 0 Å². The molecule has 0 unspecified atom stereocenters. The molecule has 4 heteroatoms. The summed E-state index contributed by atoms with van der Waals surface area (Å²) in [5.74, 6) is 1.72. The summed E-state index contributed by atoms with van der Waals surface area (Å²) in [6.45, 7) is 7.77. The van der Waals surface area contributed by atoms with Crippen molar-refractivity contribution >= 4 is 0 Å². The maximum absolute atomic E-state index is 5.45. The fraction of sp³-hybridized carbons (Fsp3) is 0.647. The minimum absolute atomic E-state index is 0.604. The quantitative estimate of drug-likeness (QED) is 0.874. The number of rotatable bonds is 6. The van der Waals surface area contributed by atoms with E-state index in [9.17, 15) is 0 Å². The number of nitrogens with zero attached hydrogens (tertiary/aromatic N) is 1. The maximum atomic E-state index is 5.45. The topological polar surface area (TPSA) is 33.7 Å². The van der Waals surface area contributed by atoms with E-state index in [2.05, 4.69) is 30.1 Å². The minimum Gasteiger partial charge on any atom is -0.497 e. The molecule has 0 spiro atoms. The van der Waals surface area contributed by atoms with E-state index in [4.69, 9.17) is 9.47 Å². The number of ether oxygens (including phenoxy) is 2. The molecule has 1 aliphatic rings. The molecule has 118 valence electrons. The number of likely N-dealkylation sites (tertiary alicyclic amines) is 1. The Morgan fingerprint density at radius 2 is 1.90 bits per heavy atom. The van der Waals surface area contributed by atoms with Gasteiger partial charge in [-0.05, 0) is 45.8 Å². The molecule has 0 bridgehead atoms. The summed E-state index contributed by atoms with van der Waals surface area (Å²) >= 11 is 0. The van der Waals surface area contributed by atoms with Crippen LogP contribution < -0.4 is 14.8 Å². The predicted octanol–water partition coefficient (Wildman–Crippen LogP) is 2.67. The molecule has 2 rings (SSSR count). The second-order valence-electron chi connectivity index (χ2n) is 5.96. The molecule has 0 amide bonds. The van der Waals surface area contributed by atoms with Crippen molar-refractivity contribution in [3.8, 4) is 11.5 Å². The minimum atomic E-state index is 0.604. The van der Waals surface area contributed by atoms with Crippen molar-refractivity contribution in [2.45, 2.75) is 45.3 Å². The van der Waals surface area contributed by atoms with Crippen LogP contribution in [0.4, 0.5) is 0 Å². The molecule has 1 heterocycles. The zero-order chi connectivity index (χ0) is 15.2. The third kappa shape index (κ3) is 4.35. The summed E-state index contributed by atoms with van der Waals surface area (Å²) in [7, 11) is 3.38. The van der Waals surface area contributed by atoms with Crippen LogP contribution in [0.1, 0.15) is 32.3 Å². The van der Waals surface area contributed by atoms with Crippen molar-refractivity contribution < 1.29 is 9.47 Å². The highest BCUT2D eigenvalue weighted by Gasteiger charge is 2.20. The van der Waals surface area contributed by atoms with Crippen molar-refractivity contribution in [1.29, 1.82) is 0 Å². The average Bonchev–Trinajstić information content (AvgIpc) is 2.53. The lowest BCUT2D eigenvalue weighted by Crippen LogP contribution is -2.44. The molecule has 1 saturated heterocycles. The van der Waals surface area contributed by atoms with Crippen LogP contribution >= 0.6 is 0 Å². The number of benzene rings is 1. The standard InChI is InChI=1S/C17H28N2O2/c1-13(2)19-9-7-15(8-10-19)18-12-14-5-6-16(20-3)11-17(14)21-4/h5-6,11,13,15,18H,7-10,12H2,1-4H3. The van der Waals surface area contributed by atoms with E-state index in [1.165, 1.54) is 31.5 Å². The van der Waals surface area contributed by atoms with Crippen molar-refractivity contribution in [1.82, 2.24) is 10.2 Å². The van der Waals surface area contributed by atoms with Gasteiger partial charge < -0.3 is 19.7 Å². The van der Waals surface area contributed by atoms with Gasteiger partial charge in [0, 0.05) is 30.3 Å². The van der Waals surface area contributed by atoms with Crippen LogP contribution in [0, 0.1) is 0 Å². The van der Waals surface area contributed by atoms with E-state index in [0.29, 0.717) is 12.1 Å². The molecule has 1 aliphatic heterocycles. The van der Waals surface area contributed by atoms with E-state index in [1.807, 2.05) is 12.1 Å². The molecular formula is C17H28N2O2. The molecule has 1 aromatic carbocycles. The van der Waals surface area contributed by atoms with Gasteiger partial charge >= 0.3 is 0 Å². The lowest BCUT2D eigenvalue weighted by molar-refractivity contribution is 0.160. The van der Waals surface area contributed by atoms with Crippen LogP contribution in [0.5, 0.6) is 11.5 Å². The highest BCUT2D eigenvalue weighted by atomic mass is 16.5. The summed E-state index contributed by atoms with van der Waals surface area (Å²) in [6, 6.07) is 7.27. The Kier molecular flexibility index (Phi) is 5.88. The van der Waals surface area contributed by atoms with Gasteiger partial charge in [-0.25, -0.2) is 0 Å². The van der Waals surface area contributed by atoms with Crippen molar-refractivity contribution in [2.24, 2.45) is 0 Å². The molecule has 0 saturated carbocycles. The van der Waals surface area contributed by atoms with Gasteiger partial charge in [0.15, 0.2) is 0 Å². The van der Waals surface area contributed by atoms with Crippen molar-refractivity contribution in [3.63, 3.8) is 0 Å². The van der Waals surface area contributed by atoms with Crippen LogP contribution in [0.3, 0.4) is 0 Å². The first kappa shape index (κ1) is 16.1. The first-order valence-corrected chi connectivity index (χ1v) is 7.82. The first-order chi connectivity index (χ1) is 10.1. The maximum Gasteiger partial charge on any atom is 0.127 e. The fourth-order valence-electron chi connectivity index (χ4n) is 2.87. The van der Waals surface area contributed by atoms with E-state index in [-0.39, 0.29) is 0 Å². The summed E-state index contributed by atoms with van der Waals surface area (Å²) in [5.41, 5.74) is 1.18. The number of hydrogen-bond acceptors (Lipinski definition) is 4. The molecule has 0 aromatic heterocycles. The van der Waals surface area contributed by atoms with E-state index in [1.54, 1.807) is 14.2 Å². The number of hydrogen-bond donors (Lipinski definition) is 1. The normalized spacial score (nSPS) is 17.2. The molecule has 21 heavy (non-hydrogen) atoms. The fourth-order valence-corrected chi connectivity index (χ4v) is 2.87. The zero-order valence-corrected chi connectivity index (χ0v) is 13.7. The second kappa shape index (κ2) is 7.66. The number of piperidine rings is 1. The number of methoxy groups -OCH3 is 2. The molecule has 0 aliphatic carbocycles. The van der Waals surface area contributed by atoms with Gasteiger partial charge in [0.05, 0.1) is 14.2 Å². The van der Waals surface area contributed by atoms with Gasteiger partial charge in [-0.15, -0.1) is 0 Å². The molecule has 1 fully saturated rings. The summed E-state index contributed by atoms with van der Waals surface area (Å²) in [5, 5.41) is 3.66.